The maximum atomic E-state index is 5.44. The van der Waals surface area contributed by atoms with Gasteiger partial charge in [-0.15, -0.1) is 24.0 Å². The van der Waals surface area contributed by atoms with Crippen LogP contribution in [0.25, 0.3) is 0 Å². The lowest BCUT2D eigenvalue weighted by molar-refractivity contribution is 0.122. The Morgan fingerprint density at radius 3 is 2.54 bits per heavy atom. The van der Waals surface area contributed by atoms with Crippen LogP contribution in [0.2, 0.25) is 0 Å². The van der Waals surface area contributed by atoms with E-state index in [4.69, 9.17) is 9.47 Å². The Hall–Kier alpha value is -2.07. The van der Waals surface area contributed by atoms with Gasteiger partial charge in [0.15, 0.2) is 5.96 Å². The van der Waals surface area contributed by atoms with Gasteiger partial charge >= 0.3 is 0 Å². The van der Waals surface area contributed by atoms with Crippen molar-refractivity contribution in [2.75, 3.05) is 45.4 Å². The number of nitrogens with one attached hydrogen (secondary N) is 2. The summed E-state index contributed by atoms with van der Waals surface area (Å²) < 4.78 is 10.6. The minimum absolute atomic E-state index is 0. The van der Waals surface area contributed by atoms with E-state index in [2.05, 4.69) is 31.6 Å². The number of nitrogens with zero attached hydrogens (tertiary/aromatic N) is 3. The predicted molar refractivity (Wildman–Crippen MR) is 123 cm³/mol. The van der Waals surface area contributed by atoms with E-state index in [9.17, 15) is 0 Å². The molecule has 8 heteroatoms. The second-order valence-corrected chi connectivity index (χ2v) is 6.21. The summed E-state index contributed by atoms with van der Waals surface area (Å²) in [4.78, 5) is 11.2. The van der Waals surface area contributed by atoms with E-state index >= 15 is 0 Å². The first kappa shape index (κ1) is 22.2. The highest BCUT2D eigenvalue weighted by molar-refractivity contribution is 14.0. The number of anilines is 1. The number of pyridine rings is 1. The summed E-state index contributed by atoms with van der Waals surface area (Å²) in [6.45, 7) is 4.57. The molecule has 0 bridgehead atoms. The molecule has 1 fully saturated rings. The molecule has 152 valence electrons. The van der Waals surface area contributed by atoms with Crippen LogP contribution >= 0.6 is 24.0 Å². The molecule has 7 nitrogen and oxygen atoms in total. The number of hydrogen-bond donors (Lipinski definition) is 2. The van der Waals surface area contributed by atoms with E-state index in [1.807, 2.05) is 36.5 Å². The van der Waals surface area contributed by atoms with Crippen molar-refractivity contribution in [3.05, 3.63) is 53.7 Å². The van der Waals surface area contributed by atoms with E-state index in [0.717, 1.165) is 55.0 Å². The molecule has 1 aliphatic heterocycles. The smallest absolute Gasteiger partial charge is 0.191 e. The number of hydrogen-bond acceptors (Lipinski definition) is 5. The van der Waals surface area contributed by atoms with Gasteiger partial charge in [0.25, 0.3) is 0 Å². The number of guanidine groups is 1. The zero-order chi connectivity index (χ0) is 18.9. The Kier molecular flexibility index (Phi) is 9.29. The molecule has 0 amide bonds. The molecular formula is C20H28IN5O2. The second-order valence-electron chi connectivity index (χ2n) is 6.21. The van der Waals surface area contributed by atoms with Crippen molar-refractivity contribution in [2.45, 2.75) is 13.1 Å². The topological polar surface area (TPSA) is 71.0 Å². The van der Waals surface area contributed by atoms with Gasteiger partial charge in [-0.1, -0.05) is 18.2 Å². The Balaban J connectivity index is 0.00000280. The molecule has 0 saturated carbocycles. The number of ether oxygens (including phenoxy) is 2. The normalized spacial score (nSPS) is 14.2. The van der Waals surface area contributed by atoms with Gasteiger partial charge in [0, 0.05) is 45.0 Å². The fourth-order valence-corrected chi connectivity index (χ4v) is 2.96. The van der Waals surface area contributed by atoms with Crippen molar-refractivity contribution in [3.63, 3.8) is 0 Å². The van der Waals surface area contributed by atoms with Crippen LogP contribution in [0.1, 0.15) is 11.1 Å². The first-order chi connectivity index (χ1) is 13.3. The minimum atomic E-state index is 0. The van der Waals surface area contributed by atoms with Crippen molar-refractivity contribution >= 4 is 35.8 Å². The van der Waals surface area contributed by atoms with Crippen LogP contribution in [0.15, 0.2) is 47.6 Å². The lowest BCUT2D eigenvalue weighted by Gasteiger charge is -2.29. The summed E-state index contributed by atoms with van der Waals surface area (Å²) >= 11 is 0. The Morgan fingerprint density at radius 1 is 1.14 bits per heavy atom. The Labute approximate surface area is 183 Å². The summed E-state index contributed by atoms with van der Waals surface area (Å²) in [5, 5.41) is 6.71. The second kappa shape index (κ2) is 11.7. The van der Waals surface area contributed by atoms with Gasteiger partial charge in [-0.3, -0.25) is 4.99 Å². The highest BCUT2D eigenvalue weighted by Gasteiger charge is 2.15. The number of morpholine rings is 1. The molecule has 2 heterocycles. The fourth-order valence-electron chi connectivity index (χ4n) is 2.96. The molecule has 1 saturated heterocycles. The number of aliphatic imine (C=N–C) groups is 1. The number of halogens is 1. The summed E-state index contributed by atoms with van der Waals surface area (Å²) in [5.74, 6) is 2.62. The Morgan fingerprint density at radius 2 is 1.86 bits per heavy atom. The molecule has 0 aliphatic carbocycles. The zero-order valence-corrected chi connectivity index (χ0v) is 18.7. The third-order valence-corrected chi connectivity index (χ3v) is 4.47. The first-order valence-corrected chi connectivity index (χ1v) is 9.14. The Bertz CT molecular complexity index is 749. The highest BCUT2D eigenvalue weighted by atomic mass is 127. The summed E-state index contributed by atoms with van der Waals surface area (Å²) in [6.07, 6.45) is 1.84. The molecule has 3 rings (SSSR count). The van der Waals surface area contributed by atoms with E-state index < -0.39 is 0 Å². The van der Waals surface area contributed by atoms with E-state index in [1.54, 1.807) is 14.2 Å². The molecule has 2 N–H and O–H groups in total. The molecule has 0 spiro atoms. The zero-order valence-electron chi connectivity index (χ0n) is 16.4. The van der Waals surface area contributed by atoms with Gasteiger partial charge in [-0.25, -0.2) is 4.98 Å². The van der Waals surface area contributed by atoms with Crippen molar-refractivity contribution in [1.29, 1.82) is 0 Å². The van der Waals surface area contributed by atoms with Crippen LogP contribution in [0.3, 0.4) is 0 Å². The first-order valence-electron chi connectivity index (χ1n) is 9.14. The highest BCUT2D eigenvalue weighted by Crippen LogP contribution is 2.18. The maximum Gasteiger partial charge on any atom is 0.191 e. The molecule has 2 aromatic rings. The van der Waals surface area contributed by atoms with Crippen molar-refractivity contribution in [3.8, 4) is 5.75 Å². The van der Waals surface area contributed by atoms with Gasteiger partial charge in [0.2, 0.25) is 0 Å². The summed E-state index contributed by atoms with van der Waals surface area (Å²) in [7, 11) is 3.44. The van der Waals surface area contributed by atoms with Gasteiger partial charge in [0.1, 0.15) is 11.6 Å². The van der Waals surface area contributed by atoms with E-state index in [0.29, 0.717) is 13.1 Å². The lowest BCUT2D eigenvalue weighted by atomic mass is 10.2. The molecular weight excluding hydrogens is 469 g/mol. The molecule has 1 aromatic heterocycles. The minimum Gasteiger partial charge on any atom is -0.497 e. The number of aromatic nitrogens is 1. The monoisotopic (exact) mass is 497 g/mol. The van der Waals surface area contributed by atoms with Crippen LogP contribution in [-0.2, 0) is 17.8 Å². The fraction of sp³-hybridized carbons (Fsp3) is 0.400. The standard InChI is InChI=1S/C20H27N5O2.HI/c1-21-20(23-14-16-5-7-18(26-2)8-6-16)24-15-17-4-3-9-22-19(17)25-10-12-27-13-11-25;/h3-9H,10-15H2,1-2H3,(H2,21,23,24);1H. The van der Waals surface area contributed by atoms with Crippen LogP contribution < -0.4 is 20.3 Å². The van der Waals surface area contributed by atoms with Gasteiger partial charge < -0.3 is 25.0 Å². The van der Waals surface area contributed by atoms with Gasteiger partial charge in [-0.2, -0.15) is 0 Å². The van der Waals surface area contributed by atoms with Crippen molar-refractivity contribution < 1.29 is 9.47 Å². The largest absolute Gasteiger partial charge is 0.497 e. The van der Waals surface area contributed by atoms with Gasteiger partial charge in [-0.05, 0) is 23.8 Å². The van der Waals surface area contributed by atoms with Crippen LogP contribution in [0, 0.1) is 0 Å². The van der Waals surface area contributed by atoms with Crippen LogP contribution in [0.5, 0.6) is 5.75 Å². The summed E-state index contributed by atoms with van der Waals surface area (Å²) in [5.41, 5.74) is 2.31. The third-order valence-electron chi connectivity index (χ3n) is 4.47. The van der Waals surface area contributed by atoms with Crippen molar-refractivity contribution in [2.24, 2.45) is 4.99 Å². The number of methoxy groups -OCH3 is 1. The van der Waals surface area contributed by atoms with E-state index in [-0.39, 0.29) is 24.0 Å². The molecule has 0 radical (unpaired) electrons. The van der Waals surface area contributed by atoms with Crippen molar-refractivity contribution in [1.82, 2.24) is 15.6 Å². The quantitative estimate of drug-likeness (QED) is 0.363. The van der Waals surface area contributed by atoms with Gasteiger partial charge in [0.05, 0.1) is 20.3 Å². The molecule has 28 heavy (non-hydrogen) atoms. The average Bonchev–Trinajstić information content (AvgIpc) is 2.75. The predicted octanol–water partition coefficient (Wildman–Crippen LogP) is 2.41. The molecule has 0 unspecified atom stereocenters. The number of rotatable bonds is 6. The number of benzene rings is 1. The van der Waals surface area contributed by atoms with Crippen LogP contribution in [0.4, 0.5) is 5.82 Å². The maximum absolute atomic E-state index is 5.44. The average molecular weight is 497 g/mol. The summed E-state index contributed by atoms with van der Waals surface area (Å²) in [6, 6.07) is 12.1. The lowest BCUT2D eigenvalue weighted by Crippen LogP contribution is -2.39. The third kappa shape index (κ3) is 6.23. The van der Waals surface area contributed by atoms with E-state index in [1.165, 1.54) is 0 Å². The molecule has 1 aromatic carbocycles. The molecule has 0 atom stereocenters. The van der Waals surface area contributed by atoms with Crippen LogP contribution in [-0.4, -0.2) is 51.4 Å². The molecule has 1 aliphatic rings. The SMILES string of the molecule is CN=C(NCc1ccc(OC)cc1)NCc1cccnc1N1CCOCC1.I.